The summed E-state index contributed by atoms with van der Waals surface area (Å²) in [4.78, 5) is 1.35. The second kappa shape index (κ2) is 4.12. The average molecular weight is 240 g/mol. The first-order valence-corrected chi connectivity index (χ1v) is 6.20. The second-order valence-electron chi connectivity index (χ2n) is 3.96. The van der Waals surface area contributed by atoms with Crippen LogP contribution in [0, 0.1) is 6.92 Å². The highest BCUT2D eigenvalue weighted by molar-refractivity contribution is 7.19. The van der Waals surface area contributed by atoms with Crippen molar-refractivity contribution >= 4 is 33.0 Å². The van der Waals surface area contributed by atoms with Crippen molar-refractivity contribution in [2.24, 2.45) is 5.73 Å². The van der Waals surface area contributed by atoms with Crippen LogP contribution in [0.15, 0.2) is 18.2 Å². The summed E-state index contributed by atoms with van der Waals surface area (Å²) in [6.07, 6.45) is 0.938. The smallest absolute Gasteiger partial charge is 0.0420 e. The quantitative estimate of drug-likeness (QED) is 0.849. The predicted octanol–water partition coefficient (Wildman–Crippen LogP) is 3.75. The van der Waals surface area contributed by atoms with E-state index in [1.165, 1.54) is 20.5 Å². The normalized spacial score (nSPS) is 13.3. The molecule has 3 heteroatoms. The second-order valence-corrected chi connectivity index (χ2v) is 5.65. The van der Waals surface area contributed by atoms with Crippen LogP contribution in [0.25, 0.3) is 10.1 Å². The Hall–Kier alpha value is -0.570. The molecule has 0 aliphatic heterocycles. The van der Waals surface area contributed by atoms with Crippen LogP contribution in [0.5, 0.6) is 0 Å². The number of hydrogen-bond acceptors (Lipinski definition) is 2. The minimum absolute atomic E-state index is 0.206. The zero-order valence-electron chi connectivity index (χ0n) is 8.88. The Bertz CT molecular complexity index is 488. The van der Waals surface area contributed by atoms with Crippen LogP contribution in [0.1, 0.15) is 17.4 Å². The van der Waals surface area contributed by atoms with E-state index in [0.717, 1.165) is 11.4 Å². The van der Waals surface area contributed by atoms with Gasteiger partial charge in [-0.05, 0) is 43.4 Å². The van der Waals surface area contributed by atoms with Gasteiger partial charge >= 0.3 is 0 Å². The Kier molecular flexibility index (Phi) is 3.01. The molecule has 1 aromatic carbocycles. The molecule has 1 aromatic heterocycles. The Morgan fingerprint density at radius 3 is 2.87 bits per heavy atom. The molecule has 2 rings (SSSR count). The molecule has 1 nitrogen and oxygen atoms in total. The molecular weight excluding hydrogens is 226 g/mol. The molecule has 15 heavy (non-hydrogen) atoms. The van der Waals surface area contributed by atoms with Crippen LogP contribution in [0.2, 0.25) is 5.02 Å². The molecule has 1 heterocycles. The minimum Gasteiger partial charge on any atom is -0.328 e. The molecule has 0 saturated carbocycles. The topological polar surface area (TPSA) is 26.0 Å². The van der Waals surface area contributed by atoms with E-state index in [9.17, 15) is 0 Å². The summed E-state index contributed by atoms with van der Waals surface area (Å²) in [5.74, 6) is 0. The number of nitrogens with two attached hydrogens (primary N) is 1. The molecule has 0 aliphatic carbocycles. The third kappa shape index (κ3) is 2.17. The molecule has 0 amide bonds. The third-order valence-electron chi connectivity index (χ3n) is 2.48. The van der Waals surface area contributed by atoms with E-state index in [1.807, 2.05) is 19.1 Å². The van der Waals surface area contributed by atoms with Crippen LogP contribution in [0.3, 0.4) is 0 Å². The highest BCUT2D eigenvalue weighted by Crippen LogP contribution is 2.33. The van der Waals surface area contributed by atoms with Crippen molar-refractivity contribution in [1.29, 1.82) is 0 Å². The minimum atomic E-state index is 0.206. The van der Waals surface area contributed by atoms with Crippen LogP contribution in [-0.4, -0.2) is 6.04 Å². The summed E-state index contributed by atoms with van der Waals surface area (Å²) in [7, 11) is 0. The zero-order valence-corrected chi connectivity index (χ0v) is 10.5. The maximum Gasteiger partial charge on any atom is 0.0420 e. The van der Waals surface area contributed by atoms with Crippen LogP contribution < -0.4 is 5.73 Å². The lowest BCUT2D eigenvalue weighted by Gasteiger charge is -2.05. The van der Waals surface area contributed by atoms with Gasteiger partial charge in [-0.2, -0.15) is 0 Å². The molecule has 0 aliphatic rings. The Labute approximate surface area is 98.9 Å². The molecule has 2 N–H and O–H groups in total. The molecule has 0 radical (unpaired) electrons. The van der Waals surface area contributed by atoms with Gasteiger partial charge in [0.25, 0.3) is 0 Å². The van der Waals surface area contributed by atoms with Crippen molar-refractivity contribution in [2.45, 2.75) is 26.3 Å². The lowest BCUT2D eigenvalue weighted by Crippen LogP contribution is -2.17. The van der Waals surface area contributed by atoms with Crippen LogP contribution >= 0.6 is 22.9 Å². The standard InChI is InChI=1S/C12H14ClNS/c1-7(14)5-11-8(2)15-12-6-9(13)3-4-10(11)12/h3-4,6-7H,5,14H2,1-2H3. The van der Waals surface area contributed by atoms with E-state index in [1.54, 1.807) is 11.3 Å². The van der Waals surface area contributed by atoms with Gasteiger partial charge in [-0.25, -0.2) is 0 Å². The molecule has 0 fully saturated rings. The number of thiophene rings is 1. The number of rotatable bonds is 2. The van der Waals surface area contributed by atoms with E-state index >= 15 is 0 Å². The lowest BCUT2D eigenvalue weighted by atomic mass is 10.0. The van der Waals surface area contributed by atoms with Gasteiger partial charge in [0, 0.05) is 20.6 Å². The molecular formula is C12H14ClNS. The molecule has 1 atom stereocenters. The van der Waals surface area contributed by atoms with Gasteiger partial charge in [-0.3, -0.25) is 0 Å². The summed E-state index contributed by atoms with van der Waals surface area (Å²) < 4.78 is 1.26. The van der Waals surface area contributed by atoms with Gasteiger partial charge in [0.15, 0.2) is 0 Å². The predicted molar refractivity (Wildman–Crippen MR) is 68.9 cm³/mol. The molecule has 1 unspecified atom stereocenters. The number of aryl methyl sites for hydroxylation is 1. The lowest BCUT2D eigenvalue weighted by molar-refractivity contribution is 0.740. The van der Waals surface area contributed by atoms with E-state index in [2.05, 4.69) is 13.0 Å². The monoisotopic (exact) mass is 239 g/mol. The van der Waals surface area contributed by atoms with Gasteiger partial charge < -0.3 is 5.73 Å². The van der Waals surface area contributed by atoms with Crippen molar-refractivity contribution in [3.05, 3.63) is 33.7 Å². The summed E-state index contributed by atoms with van der Waals surface area (Å²) in [5, 5.41) is 2.11. The highest BCUT2D eigenvalue weighted by atomic mass is 35.5. The van der Waals surface area contributed by atoms with Crippen molar-refractivity contribution in [3.63, 3.8) is 0 Å². The van der Waals surface area contributed by atoms with E-state index in [0.29, 0.717) is 0 Å². The van der Waals surface area contributed by atoms with Crippen molar-refractivity contribution in [3.8, 4) is 0 Å². The van der Waals surface area contributed by atoms with E-state index in [4.69, 9.17) is 17.3 Å². The summed E-state index contributed by atoms with van der Waals surface area (Å²) >= 11 is 7.76. The Morgan fingerprint density at radius 2 is 2.20 bits per heavy atom. The van der Waals surface area contributed by atoms with E-state index < -0.39 is 0 Å². The maximum atomic E-state index is 5.97. The number of halogens is 1. The largest absolute Gasteiger partial charge is 0.328 e. The first kappa shape index (κ1) is 10.9. The SMILES string of the molecule is Cc1sc2cc(Cl)ccc2c1CC(C)N. The fourth-order valence-corrected chi connectivity index (χ4v) is 3.19. The Balaban J connectivity index is 2.58. The molecule has 80 valence electrons. The molecule has 0 saturated heterocycles. The van der Waals surface area contributed by atoms with E-state index in [-0.39, 0.29) is 6.04 Å². The van der Waals surface area contributed by atoms with Gasteiger partial charge in [0.1, 0.15) is 0 Å². The first-order valence-electron chi connectivity index (χ1n) is 5.01. The maximum absolute atomic E-state index is 5.97. The van der Waals surface area contributed by atoms with Crippen LogP contribution in [0.4, 0.5) is 0 Å². The zero-order chi connectivity index (χ0) is 11.0. The highest BCUT2D eigenvalue weighted by Gasteiger charge is 2.10. The molecule has 2 aromatic rings. The van der Waals surface area contributed by atoms with Gasteiger partial charge in [0.2, 0.25) is 0 Å². The third-order valence-corrected chi connectivity index (χ3v) is 3.83. The number of fused-ring (bicyclic) bond motifs is 1. The van der Waals surface area contributed by atoms with Crippen molar-refractivity contribution < 1.29 is 0 Å². The average Bonchev–Trinajstić information content (AvgIpc) is 2.41. The van der Waals surface area contributed by atoms with Gasteiger partial charge in [-0.1, -0.05) is 17.7 Å². The first-order chi connectivity index (χ1) is 7.08. The number of benzene rings is 1. The fourth-order valence-electron chi connectivity index (χ4n) is 1.82. The van der Waals surface area contributed by atoms with Crippen LogP contribution in [-0.2, 0) is 6.42 Å². The van der Waals surface area contributed by atoms with Gasteiger partial charge in [-0.15, -0.1) is 11.3 Å². The van der Waals surface area contributed by atoms with Crippen molar-refractivity contribution in [1.82, 2.24) is 0 Å². The fraction of sp³-hybridized carbons (Fsp3) is 0.333. The molecule has 0 spiro atoms. The summed E-state index contributed by atoms with van der Waals surface area (Å²) in [6.45, 7) is 4.19. The summed E-state index contributed by atoms with van der Waals surface area (Å²) in [6, 6.07) is 6.27. The Morgan fingerprint density at radius 1 is 1.47 bits per heavy atom. The summed E-state index contributed by atoms with van der Waals surface area (Å²) in [5.41, 5.74) is 7.23. The molecule has 0 bridgehead atoms. The van der Waals surface area contributed by atoms with Crippen molar-refractivity contribution in [2.75, 3.05) is 0 Å². The van der Waals surface area contributed by atoms with Gasteiger partial charge in [0.05, 0.1) is 0 Å². The number of hydrogen-bond donors (Lipinski definition) is 1.